The summed E-state index contributed by atoms with van der Waals surface area (Å²) in [5.41, 5.74) is 7.45. The standard InChI is InChI=1S/C15H18N2O2/c1-10(2)18-15-13(16)7-8-14(17-15)19-12-6-4-5-11(3)9-12/h4-10H,16H2,1-3H3. The second-order valence-electron chi connectivity index (χ2n) is 4.63. The molecule has 1 heterocycles. The molecule has 0 aliphatic carbocycles. The molecule has 0 atom stereocenters. The van der Waals surface area contributed by atoms with E-state index in [4.69, 9.17) is 15.2 Å². The van der Waals surface area contributed by atoms with Gasteiger partial charge >= 0.3 is 0 Å². The molecule has 0 unspecified atom stereocenters. The van der Waals surface area contributed by atoms with Crippen molar-refractivity contribution in [1.82, 2.24) is 4.98 Å². The summed E-state index contributed by atoms with van der Waals surface area (Å²) < 4.78 is 11.2. The van der Waals surface area contributed by atoms with E-state index in [0.29, 0.717) is 17.4 Å². The van der Waals surface area contributed by atoms with Crippen LogP contribution in [0.25, 0.3) is 0 Å². The Morgan fingerprint density at radius 3 is 2.63 bits per heavy atom. The smallest absolute Gasteiger partial charge is 0.240 e. The number of benzene rings is 1. The van der Waals surface area contributed by atoms with E-state index in [-0.39, 0.29) is 6.10 Å². The summed E-state index contributed by atoms with van der Waals surface area (Å²) in [6, 6.07) is 11.2. The summed E-state index contributed by atoms with van der Waals surface area (Å²) in [7, 11) is 0. The first-order valence-corrected chi connectivity index (χ1v) is 6.22. The molecule has 0 saturated heterocycles. The highest BCUT2D eigenvalue weighted by molar-refractivity contribution is 5.49. The van der Waals surface area contributed by atoms with Crippen molar-refractivity contribution in [3.05, 3.63) is 42.0 Å². The van der Waals surface area contributed by atoms with Crippen LogP contribution in [-0.4, -0.2) is 11.1 Å². The monoisotopic (exact) mass is 258 g/mol. The Morgan fingerprint density at radius 2 is 1.95 bits per heavy atom. The van der Waals surface area contributed by atoms with Crippen LogP contribution in [0.4, 0.5) is 5.69 Å². The Labute approximate surface area is 113 Å². The first-order valence-electron chi connectivity index (χ1n) is 6.22. The largest absolute Gasteiger partial charge is 0.473 e. The minimum Gasteiger partial charge on any atom is -0.473 e. The van der Waals surface area contributed by atoms with Gasteiger partial charge in [-0.15, -0.1) is 0 Å². The fraction of sp³-hybridized carbons (Fsp3) is 0.267. The second kappa shape index (κ2) is 5.61. The number of ether oxygens (including phenoxy) is 2. The molecule has 100 valence electrons. The van der Waals surface area contributed by atoms with Gasteiger partial charge in [0.1, 0.15) is 5.75 Å². The van der Waals surface area contributed by atoms with Crippen LogP contribution in [0.3, 0.4) is 0 Å². The Kier molecular flexibility index (Phi) is 3.90. The fourth-order valence-corrected chi connectivity index (χ4v) is 1.61. The number of rotatable bonds is 4. The number of anilines is 1. The van der Waals surface area contributed by atoms with Crippen molar-refractivity contribution in [2.75, 3.05) is 5.73 Å². The molecule has 0 fully saturated rings. The van der Waals surface area contributed by atoms with Gasteiger partial charge in [-0.2, -0.15) is 4.98 Å². The van der Waals surface area contributed by atoms with E-state index in [0.717, 1.165) is 11.3 Å². The van der Waals surface area contributed by atoms with Crippen LogP contribution in [0.5, 0.6) is 17.5 Å². The Bertz CT molecular complexity index is 568. The van der Waals surface area contributed by atoms with E-state index in [2.05, 4.69) is 4.98 Å². The summed E-state index contributed by atoms with van der Waals surface area (Å²) in [5, 5.41) is 0. The van der Waals surface area contributed by atoms with Gasteiger partial charge in [0, 0.05) is 6.07 Å². The molecule has 4 nitrogen and oxygen atoms in total. The number of hydrogen-bond acceptors (Lipinski definition) is 4. The van der Waals surface area contributed by atoms with Gasteiger partial charge in [-0.3, -0.25) is 0 Å². The van der Waals surface area contributed by atoms with E-state index in [1.807, 2.05) is 45.0 Å². The zero-order valence-electron chi connectivity index (χ0n) is 11.4. The fourth-order valence-electron chi connectivity index (χ4n) is 1.61. The van der Waals surface area contributed by atoms with Crippen LogP contribution in [0.2, 0.25) is 0 Å². The van der Waals surface area contributed by atoms with Crippen molar-refractivity contribution in [2.24, 2.45) is 0 Å². The first kappa shape index (κ1) is 13.2. The molecule has 4 heteroatoms. The van der Waals surface area contributed by atoms with E-state index in [1.54, 1.807) is 12.1 Å². The maximum absolute atomic E-state index is 5.81. The summed E-state index contributed by atoms with van der Waals surface area (Å²) in [5.74, 6) is 1.61. The average molecular weight is 258 g/mol. The molecule has 0 aliphatic heterocycles. The SMILES string of the molecule is Cc1cccc(Oc2ccc(N)c(OC(C)C)n2)c1. The van der Waals surface area contributed by atoms with Gasteiger partial charge in [0.25, 0.3) is 0 Å². The number of pyridine rings is 1. The number of aromatic nitrogens is 1. The Hall–Kier alpha value is -2.23. The van der Waals surface area contributed by atoms with Crippen molar-refractivity contribution in [1.29, 1.82) is 0 Å². The van der Waals surface area contributed by atoms with Crippen LogP contribution in [0.1, 0.15) is 19.4 Å². The predicted octanol–water partition coefficient (Wildman–Crippen LogP) is 3.55. The van der Waals surface area contributed by atoms with Gasteiger partial charge in [-0.1, -0.05) is 12.1 Å². The van der Waals surface area contributed by atoms with E-state index >= 15 is 0 Å². The van der Waals surface area contributed by atoms with E-state index in [1.165, 1.54) is 0 Å². The van der Waals surface area contributed by atoms with Crippen molar-refractivity contribution in [2.45, 2.75) is 26.9 Å². The van der Waals surface area contributed by atoms with Crippen molar-refractivity contribution in [3.8, 4) is 17.5 Å². The second-order valence-corrected chi connectivity index (χ2v) is 4.63. The van der Waals surface area contributed by atoms with E-state index in [9.17, 15) is 0 Å². The van der Waals surface area contributed by atoms with E-state index < -0.39 is 0 Å². The van der Waals surface area contributed by atoms with Crippen LogP contribution >= 0.6 is 0 Å². The summed E-state index contributed by atoms with van der Waals surface area (Å²) in [4.78, 5) is 4.27. The maximum Gasteiger partial charge on any atom is 0.240 e. The van der Waals surface area contributed by atoms with Gasteiger partial charge in [0.2, 0.25) is 11.8 Å². The molecule has 2 N–H and O–H groups in total. The molecule has 19 heavy (non-hydrogen) atoms. The third-order valence-electron chi connectivity index (χ3n) is 2.42. The highest BCUT2D eigenvalue weighted by Gasteiger charge is 2.08. The number of nitrogens with two attached hydrogens (primary N) is 1. The normalized spacial score (nSPS) is 10.5. The lowest BCUT2D eigenvalue weighted by Crippen LogP contribution is -2.09. The topological polar surface area (TPSA) is 57.4 Å². The van der Waals surface area contributed by atoms with Gasteiger partial charge in [-0.25, -0.2) is 0 Å². The molecule has 0 aliphatic rings. The average Bonchev–Trinajstić information content (AvgIpc) is 2.33. The lowest BCUT2D eigenvalue weighted by molar-refractivity contribution is 0.232. The lowest BCUT2D eigenvalue weighted by atomic mass is 10.2. The number of hydrogen-bond donors (Lipinski definition) is 1. The molecule has 2 aromatic rings. The van der Waals surface area contributed by atoms with Crippen LogP contribution in [-0.2, 0) is 0 Å². The minimum atomic E-state index is 0.0176. The third kappa shape index (κ3) is 3.61. The van der Waals surface area contributed by atoms with Crippen LogP contribution in [0, 0.1) is 6.92 Å². The van der Waals surface area contributed by atoms with Crippen molar-refractivity contribution < 1.29 is 9.47 Å². The molecular formula is C15H18N2O2. The highest BCUT2D eigenvalue weighted by Crippen LogP contribution is 2.26. The van der Waals surface area contributed by atoms with Gasteiger partial charge < -0.3 is 15.2 Å². The number of nitrogens with zero attached hydrogens (tertiary/aromatic N) is 1. The molecule has 0 amide bonds. The van der Waals surface area contributed by atoms with Crippen LogP contribution in [0.15, 0.2) is 36.4 Å². The van der Waals surface area contributed by atoms with Crippen LogP contribution < -0.4 is 15.2 Å². The molecule has 0 saturated carbocycles. The molecule has 1 aromatic carbocycles. The van der Waals surface area contributed by atoms with Gasteiger partial charge in [-0.05, 0) is 44.5 Å². The predicted molar refractivity (Wildman–Crippen MR) is 75.7 cm³/mol. The maximum atomic E-state index is 5.81. The summed E-state index contributed by atoms with van der Waals surface area (Å²) >= 11 is 0. The summed E-state index contributed by atoms with van der Waals surface area (Å²) in [6.07, 6.45) is 0.0176. The zero-order chi connectivity index (χ0) is 13.8. The van der Waals surface area contributed by atoms with Crippen molar-refractivity contribution >= 4 is 5.69 Å². The van der Waals surface area contributed by atoms with Gasteiger partial charge in [0.15, 0.2) is 0 Å². The minimum absolute atomic E-state index is 0.0176. The third-order valence-corrected chi connectivity index (χ3v) is 2.42. The molecule has 2 rings (SSSR count). The lowest BCUT2D eigenvalue weighted by Gasteiger charge is -2.12. The molecule has 1 aromatic heterocycles. The highest BCUT2D eigenvalue weighted by atomic mass is 16.5. The van der Waals surface area contributed by atoms with Crippen molar-refractivity contribution in [3.63, 3.8) is 0 Å². The Balaban J connectivity index is 2.21. The number of aryl methyl sites for hydroxylation is 1. The summed E-state index contributed by atoms with van der Waals surface area (Å²) in [6.45, 7) is 5.86. The number of nitrogen functional groups attached to an aromatic ring is 1. The molecule has 0 radical (unpaired) electrons. The quantitative estimate of drug-likeness (QED) is 0.911. The Morgan fingerprint density at radius 1 is 1.16 bits per heavy atom. The molecule has 0 spiro atoms. The molecular weight excluding hydrogens is 240 g/mol. The van der Waals surface area contributed by atoms with Gasteiger partial charge in [0.05, 0.1) is 11.8 Å². The first-order chi connectivity index (χ1) is 9.04. The molecule has 0 bridgehead atoms. The zero-order valence-corrected chi connectivity index (χ0v) is 11.4.